The maximum absolute atomic E-state index is 4.30. The van der Waals surface area contributed by atoms with Crippen molar-refractivity contribution in [1.82, 2.24) is 10.3 Å². The highest BCUT2D eigenvalue weighted by molar-refractivity contribution is 9.10. The third-order valence-corrected chi connectivity index (χ3v) is 4.04. The van der Waals surface area contributed by atoms with E-state index in [1.807, 2.05) is 12.4 Å². The molecule has 0 bridgehead atoms. The highest BCUT2D eigenvalue weighted by atomic mass is 79.9. The van der Waals surface area contributed by atoms with Crippen molar-refractivity contribution in [3.63, 3.8) is 0 Å². The first-order valence-corrected chi connectivity index (χ1v) is 7.32. The number of halogens is 1. The molecule has 1 aromatic heterocycles. The lowest BCUT2D eigenvalue weighted by molar-refractivity contribution is 0.627. The zero-order chi connectivity index (χ0) is 13.8. The summed E-state index contributed by atoms with van der Waals surface area (Å²) in [7, 11) is 0. The second-order valence-corrected chi connectivity index (χ2v) is 5.65. The molecule has 1 N–H and O–H groups in total. The Hall–Kier alpha value is -1.19. The molecule has 0 radical (unpaired) electrons. The van der Waals surface area contributed by atoms with Gasteiger partial charge in [-0.05, 0) is 48.7 Å². The van der Waals surface area contributed by atoms with Crippen LogP contribution in [-0.4, -0.2) is 11.5 Å². The maximum Gasteiger partial charge on any atom is 0.0592 e. The number of nitrogens with one attached hydrogen (secondary N) is 1. The van der Waals surface area contributed by atoms with Gasteiger partial charge in [0.25, 0.3) is 0 Å². The number of benzene rings is 1. The summed E-state index contributed by atoms with van der Waals surface area (Å²) in [4.78, 5) is 4.30. The smallest absolute Gasteiger partial charge is 0.0592 e. The second kappa shape index (κ2) is 6.31. The van der Waals surface area contributed by atoms with Crippen LogP contribution in [0.2, 0.25) is 0 Å². The third kappa shape index (κ3) is 3.43. The van der Waals surface area contributed by atoms with E-state index in [0.717, 1.165) is 11.0 Å². The van der Waals surface area contributed by atoms with Crippen molar-refractivity contribution in [2.24, 2.45) is 0 Å². The molecule has 0 aliphatic heterocycles. The fraction of sp³-hybridized carbons (Fsp3) is 0.312. The molecule has 3 heteroatoms. The molecule has 0 aliphatic carbocycles. The molecule has 1 aromatic carbocycles. The highest BCUT2D eigenvalue weighted by Gasteiger charge is 2.14. The zero-order valence-electron chi connectivity index (χ0n) is 11.6. The molecule has 1 heterocycles. The normalized spacial score (nSPS) is 12.4. The van der Waals surface area contributed by atoms with Crippen molar-refractivity contribution in [2.75, 3.05) is 6.54 Å². The van der Waals surface area contributed by atoms with Crippen LogP contribution in [-0.2, 0) is 0 Å². The molecule has 2 aromatic rings. The molecule has 19 heavy (non-hydrogen) atoms. The van der Waals surface area contributed by atoms with Gasteiger partial charge in [-0.3, -0.25) is 4.98 Å². The largest absolute Gasteiger partial charge is 0.306 e. The van der Waals surface area contributed by atoms with Crippen molar-refractivity contribution < 1.29 is 0 Å². The fourth-order valence-corrected chi connectivity index (χ4v) is 2.46. The summed E-state index contributed by atoms with van der Waals surface area (Å²) in [5, 5.41) is 3.53. The van der Waals surface area contributed by atoms with Crippen molar-refractivity contribution in [1.29, 1.82) is 0 Å². The second-order valence-electron chi connectivity index (χ2n) is 4.79. The van der Waals surface area contributed by atoms with Crippen LogP contribution in [0.25, 0.3) is 0 Å². The minimum atomic E-state index is 0.198. The zero-order valence-corrected chi connectivity index (χ0v) is 13.2. The maximum atomic E-state index is 4.30. The van der Waals surface area contributed by atoms with E-state index in [4.69, 9.17) is 0 Å². The van der Waals surface area contributed by atoms with Gasteiger partial charge in [-0.25, -0.2) is 0 Å². The lowest BCUT2D eigenvalue weighted by atomic mass is 9.98. The van der Waals surface area contributed by atoms with Gasteiger partial charge in [0.2, 0.25) is 0 Å². The Labute approximate surface area is 123 Å². The Balaban J connectivity index is 2.42. The number of hydrogen-bond donors (Lipinski definition) is 1. The first-order chi connectivity index (χ1) is 9.11. The standard InChI is InChI=1S/C16H19BrN2/c1-4-19-16(14-7-11(2)9-18-10-14)13-5-6-15(17)12(3)8-13/h5-10,16,19H,4H2,1-3H3. The SMILES string of the molecule is CCNC(c1cncc(C)c1)c1ccc(Br)c(C)c1. The molecule has 0 amide bonds. The summed E-state index contributed by atoms with van der Waals surface area (Å²) in [6, 6.07) is 8.88. The molecule has 100 valence electrons. The van der Waals surface area contributed by atoms with Crippen LogP contribution in [0.5, 0.6) is 0 Å². The summed E-state index contributed by atoms with van der Waals surface area (Å²) >= 11 is 3.55. The van der Waals surface area contributed by atoms with Gasteiger partial charge in [0.1, 0.15) is 0 Å². The third-order valence-electron chi connectivity index (χ3n) is 3.15. The monoisotopic (exact) mass is 318 g/mol. The van der Waals surface area contributed by atoms with Crippen LogP contribution in [0, 0.1) is 13.8 Å². The lowest BCUT2D eigenvalue weighted by Crippen LogP contribution is -2.22. The van der Waals surface area contributed by atoms with Crippen molar-refractivity contribution in [3.05, 3.63) is 63.4 Å². The Morgan fingerprint density at radius 3 is 2.58 bits per heavy atom. The van der Waals surface area contributed by atoms with Crippen molar-refractivity contribution in [3.8, 4) is 0 Å². The number of hydrogen-bond acceptors (Lipinski definition) is 2. The molecule has 0 saturated heterocycles. The molecule has 1 atom stereocenters. The van der Waals surface area contributed by atoms with E-state index in [1.54, 1.807) is 0 Å². The molecular weight excluding hydrogens is 300 g/mol. The fourth-order valence-electron chi connectivity index (χ4n) is 2.22. The Bertz CT molecular complexity index is 566. The van der Waals surface area contributed by atoms with Gasteiger partial charge in [0, 0.05) is 16.9 Å². The molecule has 2 nitrogen and oxygen atoms in total. The van der Waals surface area contributed by atoms with Crippen LogP contribution in [0.3, 0.4) is 0 Å². The van der Waals surface area contributed by atoms with E-state index < -0.39 is 0 Å². The summed E-state index contributed by atoms with van der Waals surface area (Å²) in [5.74, 6) is 0. The molecule has 0 fully saturated rings. The quantitative estimate of drug-likeness (QED) is 0.915. The predicted molar refractivity (Wildman–Crippen MR) is 83.4 cm³/mol. The lowest BCUT2D eigenvalue weighted by Gasteiger charge is -2.20. The Kier molecular flexibility index (Phi) is 4.72. The van der Waals surface area contributed by atoms with Gasteiger partial charge >= 0.3 is 0 Å². The topological polar surface area (TPSA) is 24.9 Å². The summed E-state index contributed by atoms with van der Waals surface area (Å²) in [6.07, 6.45) is 3.83. The highest BCUT2D eigenvalue weighted by Crippen LogP contribution is 2.26. The van der Waals surface area contributed by atoms with Crippen LogP contribution in [0.1, 0.15) is 35.2 Å². The summed E-state index contributed by atoms with van der Waals surface area (Å²) in [5.41, 5.74) is 4.92. The van der Waals surface area contributed by atoms with Gasteiger partial charge in [0.15, 0.2) is 0 Å². The van der Waals surface area contributed by atoms with E-state index in [2.05, 4.69) is 71.3 Å². The van der Waals surface area contributed by atoms with Crippen molar-refractivity contribution >= 4 is 15.9 Å². The Morgan fingerprint density at radius 2 is 1.95 bits per heavy atom. The van der Waals surface area contributed by atoms with Gasteiger partial charge < -0.3 is 5.32 Å². The average molecular weight is 319 g/mol. The Morgan fingerprint density at radius 1 is 1.16 bits per heavy atom. The minimum absolute atomic E-state index is 0.198. The van der Waals surface area contributed by atoms with E-state index in [0.29, 0.717) is 0 Å². The van der Waals surface area contributed by atoms with E-state index in [1.165, 1.54) is 22.3 Å². The van der Waals surface area contributed by atoms with Crippen LogP contribution < -0.4 is 5.32 Å². The molecular formula is C16H19BrN2. The average Bonchev–Trinajstić information content (AvgIpc) is 2.39. The van der Waals surface area contributed by atoms with E-state index in [-0.39, 0.29) is 6.04 Å². The molecule has 0 aliphatic rings. The van der Waals surface area contributed by atoms with Crippen LogP contribution in [0.15, 0.2) is 41.1 Å². The first-order valence-electron chi connectivity index (χ1n) is 6.52. The molecule has 2 rings (SSSR count). The predicted octanol–water partition coefficient (Wildman–Crippen LogP) is 4.16. The van der Waals surface area contributed by atoms with E-state index >= 15 is 0 Å². The number of rotatable bonds is 4. The van der Waals surface area contributed by atoms with Gasteiger partial charge in [-0.1, -0.05) is 41.1 Å². The first kappa shape index (κ1) is 14.2. The molecule has 1 unspecified atom stereocenters. The summed E-state index contributed by atoms with van der Waals surface area (Å²) in [6.45, 7) is 7.24. The minimum Gasteiger partial charge on any atom is -0.306 e. The molecule has 0 saturated carbocycles. The van der Waals surface area contributed by atoms with Gasteiger partial charge in [-0.15, -0.1) is 0 Å². The van der Waals surface area contributed by atoms with Crippen LogP contribution in [0.4, 0.5) is 0 Å². The van der Waals surface area contributed by atoms with Gasteiger partial charge in [-0.2, -0.15) is 0 Å². The number of aryl methyl sites for hydroxylation is 2. The number of aromatic nitrogens is 1. The van der Waals surface area contributed by atoms with Gasteiger partial charge in [0.05, 0.1) is 6.04 Å². The van der Waals surface area contributed by atoms with Crippen molar-refractivity contribution in [2.45, 2.75) is 26.8 Å². The van der Waals surface area contributed by atoms with E-state index in [9.17, 15) is 0 Å². The molecule has 0 spiro atoms. The van der Waals surface area contributed by atoms with Crippen LogP contribution >= 0.6 is 15.9 Å². The summed E-state index contributed by atoms with van der Waals surface area (Å²) < 4.78 is 1.15. The number of pyridine rings is 1. The number of nitrogens with zero attached hydrogens (tertiary/aromatic N) is 1.